The molecule has 2 rings (SSSR count). The maximum Gasteiger partial charge on any atom is 0.338 e. The van der Waals surface area contributed by atoms with E-state index in [9.17, 15) is 4.79 Å². The molecule has 2 aromatic rings. The van der Waals surface area contributed by atoms with Gasteiger partial charge in [-0.2, -0.15) is 10.4 Å². The van der Waals surface area contributed by atoms with Crippen molar-refractivity contribution < 1.29 is 9.53 Å². The summed E-state index contributed by atoms with van der Waals surface area (Å²) in [5.41, 5.74) is 10.3. The smallest absolute Gasteiger partial charge is 0.338 e. The molecule has 0 aromatic heterocycles. The second kappa shape index (κ2) is 9.73. The summed E-state index contributed by atoms with van der Waals surface area (Å²) in [4.78, 5) is 12.0. The summed E-state index contributed by atoms with van der Waals surface area (Å²) in [6.45, 7) is 3.98. The number of ether oxygens (including phenoxy) is 1. The van der Waals surface area contributed by atoms with Gasteiger partial charge in [0, 0.05) is 6.04 Å². The molecule has 0 aliphatic carbocycles. The van der Waals surface area contributed by atoms with Crippen LogP contribution in [0, 0.1) is 16.7 Å². The van der Waals surface area contributed by atoms with E-state index in [1.54, 1.807) is 31.2 Å². The summed E-state index contributed by atoms with van der Waals surface area (Å²) in [6, 6.07) is 16.5. The van der Waals surface area contributed by atoms with Gasteiger partial charge in [-0.25, -0.2) is 4.79 Å². The van der Waals surface area contributed by atoms with Crippen LogP contribution in [0.1, 0.15) is 35.8 Å². The van der Waals surface area contributed by atoms with Crippen molar-refractivity contribution in [3.63, 3.8) is 0 Å². The van der Waals surface area contributed by atoms with E-state index in [0.717, 1.165) is 5.56 Å². The quantitative estimate of drug-likeness (QED) is 0.241. The molecule has 0 bridgehead atoms. The molecule has 0 saturated carbocycles. The third-order valence-corrected chi connectivity index (χ3v) is 3.85. The molecule has 0 aliphatic heterocycles. The molecule has 28 heavy (non-hydrogen) atoms. The Bertz CT molecular complexity index is 918. The minimum absolute atomic E-state index is 0.0255. The third-order valence-electron chi connectivity index (χ3n) is 3.85. The van der Waals surface area contributed by atoms with E-state index >= 15 is 0 Å². The molecular formula is C20H22N6O2. The van der Waals surface area contributed by atoms with E-state index in [0.29, 0.717) is 16.9 Å². The predicted molar refractivity (Wildman–Crippen MR) is 109 cm³/mol. The van der Waals surface area contributed by atoms with Gasteiger partial charge in [0.25, 0.3) is 0 Å². The number of carbonyl (C=O) groups excluding carboxylic acids is 1. The minimum atomic E-state index is -0.468. The summed E-state index contributed by atoms with van der Waals surface area (Å²) in [5, 5.41) is 23.6. The highest BCUT2D eigenvalue weighted by molar-refractivity contribution is 6.45. The molecule has 0 heterocycles. The Hall–Kier alpha value is -3.86. The van der Waals surface area contributed by atoms with Crippen molar-refractivity contribution in [3.8, 4) is 6.07 Å². The van der Waals surface area contributed by atoms with E-state index < -0.39 is 11.8 Å². The zero-order valence-electron chi connectivity index (χ0n) is 15.7. The summed E-state index contributed by atoms with van der Waals surface area (Å²) in [5.74, 6) is -0.923. The summed E-state index contributed by atoms with van der Waals surface area (Å²) >= 11 is 0. The topological polar surface area (TPSA) is 136 Å². The Morgan fingerprint density at radius 2 is 2.00 bits per heavy atom. The van der Waals surface area contributed by atoms with Crippen molar-refractivity contribution in [2.75, 3.05) is 17.3 Å². The first-order valence-electron chi connectivity index (χ1n) is 8.67. The minimum Gasteiger partial charge on any atom is -0.462 e. The van der Waals surface area contributed by atoms with Crippen molar-refractivity contribution >= 4 is 28.9 Å². The van der Waals surface area contributed by atoms with Gasteiger partial charge in [-0.05, 0) is 37.6 Å². The molecule has 0 saturated heterocycles. The molecule has 0 amide bonds. The van der Waals surface area contributed by atoms with Crippen molar-refractivity contribution in [3.05, 3.63) is 59.7 Å². The largest absolute Gasteiger partial charge is 0.462 e. The fourth-order valence-electron chi connectivity index (χ4n) is 2.42. The standard InChI is InChI=1S/C20H22N6O2/c1-3-28-20(27)15-9-10-16(24-13(2)14-7-5-4-6-8-14)17(11-15)25-26-18(12-21)19(22)23/h4-11,13,24-25H,3H2,1-2H3,(H3,22,23)/b26-18+. The van der Waals surface area contributed by atoms with Gasteiger partial charge in [-0.1, -0.05) is 30.3 Å². The first-order chi connectivity index (χ1) is 13.5. The molecule has 8 heteroatoms. The van der Waals surface area contributed by atoms with Gasteiger partial charge in [0.2, 0.25) is 5.71 Å². The van der Waals surface area contributed by atoms with Gasteiger partial charge in [0.05, 0.1) is 23.5 Å². The Labute approximate surface area is 163 Å². The lowest BCUT2D eigenvalue weighted by atomic mass is 10.1. The van der Waals surface area contributed by atoms with Crippen LogP contribution in [0.25, 0.3) is 0 Å². The van der Waals surface area contributed by atoms with Gasteiger partial charge in [-0.3, -0.25) is 10.8 Å². The van der Waals surface area contributed by atoms with Crippen LogP contribution < -0.4 is 16.5 Å². The van der Waals surface area contributed by atoms with E-state index in [1.165, 1.54) is 0 Å². The SMILES string of the molecule is CCOC(=O)c1ccc(NC(C)c2ccccc2)c(N/N=C(\C#N)C(=N)N)c1. The lowest BCUT2D eigenvalue weighted by Crippen LogP contribution is -2.22. The fraction of sp³-hybridized carbons (Fsp3) is 0.200. The van der Waals surface area contributed by atoms with Crippen LogP contribution in [-0.4, -0.2) is 24.1 Å². The molecule has 0 radical (unpaired) electrons. The molecule has 0 fully saturated rings. The van der Waals surface area contributed by atoms with E-state index in [1.807, 2.05) is 37.3 Å². The molecule has 0 spiro atoms. The van der Waals surface area contributed by atoms with Crippen LogP contribution in [0.5, 0.6) is 0 Å². The number of benzene rings is 2. The van der Waals surface area contributed by atoms with Gasteiger partial charge in [-0.15, -0.1) is 0 Å². The second-order valence-corrected chi connectivity index (χ2v) is 5.86. The normalized spacial score (nSPS) is 11.8. The highest BCUT2D eigenvalue weighted by atomic mass is 16.5. The van der Waals surface area contributed by atoms with Crippen LogP contribution in [0.15, 0.2) is 53.6 Å². The third kappa shape index (κ3) is 5.32. The van der Waals surface area contributed by atoms with Crippen molar-refractivity contribution in [1.29, 1.82) is 10.7 Å². The van der Waals surface area contributed by atoms with Crippen molar-refractivity contribution in [2.24, 2.45) is 10.8 Å². The van der Waals surface area contributed by atoms with Gasteiger partial charge >= 0.3 is 5.97 Å². The fourth-order valence-corrected chi connectivity index (χ4v) is 2.42. The van der Waals surface area contributed by atoms with Crippen molar-refractivity contribution in [1.82, 2.24) is 0 Å². The van der Waals surface area contributed by atoms with Crippen LogP contribution in [-0.2, 0) is 4.74 Å². The van der Waals surface area contributed by atoms with Gasteiger partial charge in [0.15, 0.2) is 5.84 Å². The molecule has 1 unspecified atom stereocenters. The molecule has 1 atom stereocenters. The van der Waals surface area contributed by atoms with Gasteiger partial charge in [0.1, 0.15) is 6.07 Å². The molecule has 2 aromatic carbocycles. The number of nitrogens with one attached hydrogen (secondary N) is 3. The maximum atomic E-state index is 12.0. The number of nitriles is 1. The lowest BCUT2D eigenvalue weighted by Gasteiger charge is -2.19. The Balaban J connectivity index is 2.36. The van der Waals surface area contributed by atoms with Crippen LogP contribution in [0.4, 0.5) is 11.4 Å². The highest BCUT2D eigenvalue weighted by Crippen LogP contribution is 2.28. The number of hydrogen-bond acceptors (Lipinski definition) is 7. The van der Waals surface area contributed by atoms with Crippen molar-refractivity contribution in [2.45, 2.75) is 19.9 Å². The molecule has 144 valence electrons. The number of hydrazone groups is 1. The number of anilines is 2. The molecule has 5 N–H and O–H groups in total. The van der Waals surface area contributed by atoms with E-state index in [-0.39, 0.29) is 18.4 Å². The molecule has 8 nitrogen and oxygen atoms in total. The highest BCUT2D eigenvalue weighted by Gasteiger charge is 2.13. The summed E-state index contributed by atoms with van der Waals surface area (Å²) < 4.78 is 5.03. The average molecular weight is 378 g/mol. The molecular weight excluding hydrogens is 356 g/mol. The first kappa shape index (κ1) is 20.5. The average Bonchev–Trinajstić information content (AvgIpc) is 2.70. The predicted octanol–water partition coefficient (Wildman–Crippen LogP) is 3.26. The summed E-state index contributed by atoms with van der Waals surface area (Å²) in [6.07, 6.45) is 0. The number of nitrogens with zero attached hydrogens (tertiary/aromatic N) is 2. The Morgan fingerprint density at radius 3 is 2.61 bits per heavy atom. The number of rotatable bonds is 8. The number of nitrogens with two attached hydrogens (primary N) is 1. The number of carbonyl (C=O) groups is 1. The zero-order chi connectivity index (χ0) is 20.5. The Morgan fingerprint density at radius 1 is 1.29 bits per heavy atom. The van der Waals surface area contributed by atoms with Crippen LogP contribution in [0.3, 0.4) is 0 Å². The number of esters is 1. The lowest BCUT2D eigenvalue weighted by molar-refractivity contribution is 0.0526. The number of amidine groups is 1. The van der Waals surface area contributed by atoms with E-state index in [2.05, 4.69) is 15.8 Å². The second-order valence-electron chi connectivity index (χ2n) is 5.86. The van der Waals surface area contributed by atoms with Gasteiger partial charge < -0.3 is 15.8 Å². The number of hydrogen-bond donors (Lipinski definition) is 4. The molecule has 0 aliphatic rings. The zero-order valence-corrected chi connectivity index (χ0v) is 15.7. The van der Waals surface area contributed by atoms with Crippen LogP contribution >= 0.6 is 0 Å². The Kier molecular flexibility index (Phi) is 7.11. The maximum absolute atomic E-state index is 12.0. The first-order valence-corrected chi connectivity index (χ1v) is 8.67. The summed E-state index contributed by atoms with van der Waals surface area (Å²) in [7, 11) is 0. The monoisotopic (exact) mass is 378 g/mol. The van der Waals surface area contributed by atoms with Crippen LogP contribution in [0.2, 0.25) is 0 Å². The van der Waals surface area contributed by atoms with E-state index in [4.69, 9.17) is 21.1 Å².